The Morgan fingerprint density at radius 2 is 1.94 bits per heavy atom. The van der Waals surface area contributed by atoms with Gasteiger partial charge < -0.3 is 15.4 Å². The average Bonchev–Trinajstić information content (AvgIpc) is 2.79. The van der Waals surface area contributed by atoms with Crippen LogP contribution in [0.2, 0.25) is 0 Å². The largest absolute Gasteiger partial charge is 0.487 e. The van der Waals surface area contributed by atoms with Crippen molar-refractivity contribution in [2.45, 2.75) is 52.7 Å². The monoisotopic (exact) mass is 417 g/mol. The predicted octanol–water partition coefficient (Wildman–Crippen LogP) is 5.89. The van der Waals surface area contributed by atoms with E-state index in [1.54, 1.807) is 6.20 Å². The van der Waals surface area contributed by atoms with Crippen LogP contribution < -0.4 is 15.4 Å². The van der Waals surface area contributed by atoms with Crippen LogP contribution >= 0.6 is 0 Å². The second kappa shape index (κ2) is 11.2. The molecule has 1 atom stereocenters. The van der Waals surface area contributed by atoms with Crippen molar-refractivity contribution in [3.8, 4) is 5.75 Å². The normalized spacial score (nSPS) is 11.6. The average molecular weight is 418 g/mol. The molecule has 1 aromatic heterocycles. The lowest BCUT2D eigenvalue weighted by Crippen LogP contribution is -2.32. The summed E-state index contributed by atoms with van der Waals surface area (Å²) >= 11 is 0. The van der Waals surface area contributed by atoms with Crippen LogP contribution in [0, 0.1) is 0 Å². The molecule has 0 saturated carbocycles. The van der Waals surface area contributed by atoms with Crippen molar-refractivity contribution >= 4 is 17.3 Å². The minimum absolute atomic E-state index is 0.0430. The number of carbonyl (C=O) groups is 1. The number of anilines is 2. The number of amides is 1. The molecular formula is C26H31N3O2. The molecule has 31 heavy (non-hydrogen) atoms. The topological polar surface area (TPSA) is 63.2 Å². The van der Waals surface area contributed by atoms with Crippen LogP contribution in [0.1, 0.15) is 55.2 Å². The fourth-order valence-corrected chi connectivity index (χ4v) is 3.42. The van der Waals surface area contributed by atoms with Crippen molar-refractivity contribution < 1.29 is 9.53 Å². The number of hydrogen-bond donors (Lipinski definition) is 2. The highest BCUT2D eigenvalue weighted by Crippen LogP contribution is 2.27. The van der Waals surface area contributed by atoms with Gasteiger partial charge in [-0.1, -0.05) is 32.4 Å². The Hall–Kier alpha value is -3.34. The van der Waals surface area contributed by atoms with E-state index in [4.69, 9.17) is 4.74 Å². The second-order valence-corrected chi connectivity index (χ2v) is 7.65. The minimum Gasteiger partial charge on any atom is -0.487 e. The maximum Gasteiger partial charge on any atom is 0.251 e. The van der Waals surface area contributed by atoms with Gasteiger partial charge in [-0.3, -0.25) is 9.78 Å². The van der Waals surface area contributed by atoms with Gasteiger partial charge in [-0.05, 0) is 73.9 Å². The van der Waals surface area contributed by atoms with Gasteiger partial charge in [0.05, 0.1) is 5.69 Å². The number of hydrogen-bond acceptors (Lipinski definition) is 4. The van der Waals surface area contributed by atoms with Gasteiger partial charge in [0.25, 0.3) is 5.91 Å². The number of carbonyl (C=O) groups excluding carboxylic acids is 1. The molecule has 0 aliphatic carbocycles. The highest BCUT2D eigenvalue weighted by atomic mass is 16.5. The summed E-state index contributed by atoms with van der Waals surface area (Å²) in [4.78, 5) is 16.8. The molecule has 3 aromatic rings. The zero-order valence-corrected chi connectivity index (χ0v) is 18.5. The highest BCUT2D eigenvalue weighted by molar-refractivity contribution is 5.95. The number of nitrogens with zero attached hydrogens (tertiary/aromatic N) is 1. The van der Waals surface area contributed by atoms with Gasteiger partial charge in [-0.15, -0.1) is 0 Å². The molecule has 1 unspecified atom stereocenters. The maximum absolute atomic E-state index is 12.5. The van der Waals surface area contributed by atoms with Crippen molar-refractivity contribution in [3.05, 3.63) is 83.7 Å². The predicted molar refractivity (Wildman–Crippen MR) is 126 cm³/mol. The molecule has 0 radical (unpaired) electrons. The zero-order chi connectivity index (χ0) is 22.1. The molecule has 162 valence electrons. The molecule has 0 spiro atoms. The molecule has 5 nitrogen and oxygen atoms in total. The van der Waals surface area contributed by atoms with Crippen LogP contribution in [0.15, 0.2) is 66.9 Å². The number of benzene rings is 2. The molecule has 5 heteroatoms. The van der Waals surface area contributed by atoms with Gasteiger partial charge in [-0.25, -0.2) is 0 Å². The van der Waals surface area contributed by atoms with E-state index in [1.165, 1.54) is 0 Å². The summed E-state index contributed by atoms with van der Waals surface area (Å²) in [6.45, 7) is 6.70. The number of rotatable bonds is 10. The lowest BCUT2D eigenvalue weighted by molar-refractivity contribution is 0.0938. The number of ether oxygens (including phenoxy) is 1. The smallest absolute Gasteiger partial charge is 0.251 e. The molecule has 0 bridgehead atoms. The fourth-order valence-electron chi connectivity index (χ4n) is 3.42. The Labute approximate surface area is 184 Å². The van der Waals surface area contributed by atoms with E-state index in [9.17, 15) is 4.79 Å². The second-order valence-electron chi connectivity index (χ2n) is 7.65. The Bertz CT molecular complexity index is 989. The van der Waals surface area contributed by atoms with E-state index < -0.39 is 0 Å². The minimum atomic E-state index is -0.0430. The van der Waals surface area contributed by atoms with E-state index in [0.29, 0.717) is 12.2 Å². The highest BCUT2D eigenvalue weighted by Gasteiger charge is 2.11. The summed E-state index contributed by atoms with van der Waals surface area (Å²) < 4.78 is 5.90. The van der Waals surface area contributed by atoms with Crippen LogP contribution in [0.5, 0.6) is 5.75 Å². The van der Waals surface area contributed by atoms with Gasteiger partial charge in [0.2, 0.25) is 0 Å². The van der Waals surface area contributed by atoms with Crippen LogP contribution in [-0.2, 0) is 13.0 Å². The molecule has 3 rings (SSSR count). The number of aryl methyl sites for hydroxylation is 1. The summed E-state index contributed by atoms with van der Waals surface area (Å²) in [5.41, 5.74) is 4.58. The van der Waals surface area contributed by atoms with Crippen molar-refractivity contribution in [1.82, 2.24) is 10.3 Å². The summed E-state index contributed by atoms with van der Waals surface area (Å²) in [7, 11) is 0. The summed E-state index contributed by atoms with van der Waals surface area (Å²) in [6.07, 6.45) is 4.64. The number of nitrogens with one attached hydrogen (secondary N) is 2. The van der Waals surface area contributed by atoms with Crippen LogP contribution in [0.3, 0.4) is 0 Å². The molecule has 2 aromatic carbocycles. The first kappa shape index (κ1) is 22.3. The van der Waals surface area contributed by atoms with Crippen LogP contribution in [-0.4, -0.2) is 16.9 Å². The Kier molecular flexibility index (Phi) is 8.05. The fraction of sp³-hybridized carbons (Fsp3) is 0.308. The van der Waals surface area contributed by atoms with E-state index in [1.807, 2.05) is 67.6 Å². The van der Waals surface area contributed by atoms with Gasteiger partial charge in [-0.2, -0.15) is 0 Å². The van der Waals surface area contributed by atoms with Crippen LogP contribution in [0.4, 0.5) is 11.4 Å². The number of aromatic nitrogens is 1. The van der Waals surface area contributed by atoms with Gasteiger partial charge in [0.15, 0.2) is 0 Å². The molecule has 1 amide bonds. The van der Waals surface area contributed by atoms with Crippen LogP contribution in [0.25, 0.3) is 0 Å². The Morgan fingerprint density at radius 1 is 1.06 bits per heavy atom. The van der Waals surface area contributed by atoms with Gasteiger partial charge in [0.1, 0.15) is 12.4 Å². The third kappa shape index (κ3) is 6.57. The first-order valence-electron chi connectivity index (χ1n) is 10.9. The van der Waals surface area contributed by atoms with E-state index in [2.05, 4.69) is 29.5 Å². The third-order valence-electron chi connectivity index (χ3n) is 5.07. The van der Waals surface area contributed by atoms with E-state index in [0.717, 1.165) is 47.6 Å². The lowest BCUT2D eigenvalue weighted by Gasteiger charge is -2.15. The van der Waals surface area contributed by atoms with E-state index in [-0.39, 0.29) is 11.9 Å². The van der Waals surface area contributed by atoms with Gasteiger partial charge >= 0.3 is 0 Å². The first-order valence-corrected chi connectivity index (χ1v) is 10.9. The molecular weight excluding hydrogens is 386 g/mol. The lowest BCUT2D eigenvalue weighted by atomic mass is 10.1. The molecule has 0 aliphatic heterocycles. The molecule has 0 aliphatic rings. The maximum atomic E-state index is 12.5. The van der Waals surface area contributed by atoms with Gasteiger partial charge in [0, 0.05) is 29.2 Å². The summed E-state index contributed by atoms with van der Waals surface area (Å²) in [5, 5.41) is 6.51. The molecule has 0 fully saturated rings. The quantitative estimate of drug-likeness (QED) is 0.432. The van der Waals surface area contributed by atoms with Crippen molar-refractivity contribution in [2.24, 2.45) is 0 Å². The molecule has 2 N–H and O–H groups in total. The Morgan fingerprint density at radius 3 is 2.68 bits per heavy atom. The van der Waals surface area contributed by atoms with E-state index >= 15 is 0 Å². The summed E-state index contributed by atoms with van der Waals surface area (Å²) in [6, 6.07) is 19.6. The van der Waals surface area contributed by atoms with Crippen molar-refractivity contribution in [1.29, 1.82) is 0 Å². The SMILES string of the molecule is CCCC(C)NC(=O)c1cccc(Nc2ccc(OCc3ccccn3)cc2CC)c1. The molecule has 1 heterocycles. The number of pyridine rings is 1. The zero-order valence-electron chi connectivity index (χ0n) is 18.5. The van der Waals surface area contributed by atoms with Crippen molar-refractivity contribution in [2.75, 3.05) is 5.32 Å². The third-order valence-corrected chi connectivity index (χ3v) is 5.07. The summed E-state index contributed by atoms with van der Waals surface area (Å²) in [5.74, 6) is 0.768. The Balaban J connectivity index is 1.68. The van der Waals surface area contributed by atoms with Crippen molar-refractivity contribution in [3.63, 3.8) is 0 Å². The first-order chi connectivity index (χ1) is 15.1. The molecule has 0 saturated heterocycles. The standard InChI is InChI=1S/C26H31N3O2/c1-4-9-19(3)28-26(30)21-10-8-12-22(16-21)29-25-14-13-24(17-20(25)5-2)31-18-23-11-6-7-15-27-23/h6-8,10-17,19,29H,4-5,9,18H2,1-3H3,(H,28,30).